The van der Waals surface area contributed by atoms with Crippen molar-refractivity contribution in [1.29, 1.82) is 0 Å². The predicted molar refractivity (Wildman–Crippen MR) is 109 cm³/mol. The quantitative estimate of drug-likeness (QED) is 0.447. The van der Waals surface area contributed by atoms with Crippen molar-refractivity contribution < 1.29 is 26.1 Å². The van der Waals surface area contributed by atoms with Crippen LogP contribution in [0.5, 0.6) is 0 Å². The Hall–Kier alpha value is -2.21. The SMILES string of the molecule is O=S(=O)(OC[C@@H]1CC[C@](Cn2cncn2)(c2ccc(F)cc2F)O1)c1ccc(Br)cc1. The Morgan fingerprint density at radius 2 is 2.00 bits per heavy atom. The smallest absolute Gasteiger partial charge is 0.297 e. The van der Waals surface area contributed by atoms with Gasteiger partial charge in [0.2, 0.25) is 0 Å². The van der Waals surface area contributed by atoms with E-state index in [4.69, 9.17) is 8.92 Å². The van der Waals surface area contributed by atoms with Crippen molar-refractivity contribution in [3.05, 3.63) is 76.8 Å². The zero-order chi connectivity index (χ0) is 22.1. The molecule has 31 heavy (non-hydrogen) atoms. The van der Waals surface area contributed by atoms with Crippen LogP contribution in [0, 0.1) is 11.6 Å². The molecule has 4 rings (SSSR count). The second-order valence-electron chi connectivity index (χ2n) is 7.18. The van der Waals surface area contributed by atoms with Crippen molar-refractivity contribution in [3.63, 3.8) is 0 Å². The molecule has 7 nitrogen and oxygen atoms in total. The topological polar surface area (TPSA) is 83.3 Å². The summed E-state index contributed by atoms with van der Waals surface area (Å²) in [5.41, 5.74) is -0.997. The van der Waals surface area contributed by atoms with E-state index < -0.39 is 33.5 Å². The maximum absolute atomic E-state index is 14.6. The second-order valence-corrected chi connectivity index (χ2v) is 9.71. The molecule has 1 saturated heterocycles. The Bertz CT molecular complexity index is 1160. The molecule has 0 aliphatic carbocycles. The zero-order valence-corrected chi connectivity index (χ0v) is 18.5. The molecule has 1 aliphatic rings. The van der Waals surface area contributed by atoms with Gasteiger partial charge in [0.25, 0.3) is 10.1 Å². The first-order valence-electron chi connectivity index (χ1n) is 9.38. The van der Waals surface area contributed by atoms with Crippen LogP contribution in [0.3, 0.4) is 0 Å². The van der Waals surface area contributed by atoms with Gasteiger partial charge in [0, 0.05) is 16.1 Å². The minimum Gasteiger partial charge on any atom is -0.363 e. The Morgan fingerprint density at radius 1 is 1.23 bits per heavy atom. The lowest BCUT2D eigenvalue weighted by molar-refractivity contribution is -0.0728. The van der Waals surface area contributed by atoms with Gasteiger partial charge in [0.05, 0.1) is 24.2 Å². The van der Waals surface area contributed by atoms with Gasteiger partial charge in [-0.25, -0.2) is 18.4 Å². The van der Waals surface area contributed by atoms with E-state index in [9.17, 15) is 17.2 Å². The number of nitrogens with zero attached hydrogens (tertiary/aromatic N) is 3. The van der Waals surface area contributed by atoms with Crippen LogP contribution < -0.4 is 0 Å². The van der Waals surface area contributed by atoms with Crippen molar-refractivity contribution in [2.75, 3.05) is 6.61 Å². The van der Waals surface area contributed by atoms with Gasteiger partial charge in [-0.15, -0.1) is 0 Å². The Balaban J connectivity index is 1.53. The average molecular weight is 514 g/mol. The number of hydrogen-bond acceptors (Lipinski definition) is 6. The van der Waals surface area contributed by atoms with Crippen molar-refractivity contribution in [3.8, 4) is 0 Å². The molecule has 3 aromatic rings. The monoisotopic (exact) mass is 513 g/mol. The Labute approximate surface area is 186 Å². The van der Waals surface area contributed by atoms with Gasteiger partial charge in [0.1, 0.15) is 29.9 Å². The molecule has 2 heterocycles. The van der Waals surface area contributed by atoms with Crippen LogP contribution in [0.15, 0.2) is 64.5 Å². The van der Waals surface area contributed by atoms with Gasteiger partial charge in [-0.2, -0.15) is 13.5 Å². The van der Waals surface area contributed by atoms with E-state index in [0.717, 1.165) is 16.6 Å². The van der Waals surface area contributed by atoms with Crippen LogP contribution in [0.25, 0.3) is 0 Å². The normalized spacial score (nSPS) is 21.5. The number of hydrogen-bond donors (Lipinski definition) is 0. The van der Waals surface area contributed by atoms with E-state index in [1.165, 1.54) is 35.5 Å². The van der Waals surface area contributed by atoms with Crippen LogP contribution in [0.4, 0.5) is 8.78 Å². The summed E-state index contributed by atoms with van der Waals surface area (Å²) in [6.07, 6.45) is 2.98. The highest BCUT2D eigenvalue weighted by Crippen LogP contribution is 2.42. The molecule has 0 saturated carbocycles. The van der Waals surface area contributed by atoms with Gasteiger partial charge in [-0.05, 0) is 43.2 Å². The Kier molecular flexibility index (Phi) is 6.20. The standard InChI is InChI=1S/C20H18BrF2N3O4S/c21-14-1-4-17(5-2-14)31(27,28)29-10-16-7-8-20(30-16,11-26-13-24-12-25-26)18-6-3-15(22)9-19(18)23/h1-6,9,12-13,16H,7-8,10-11H2/t16-,20-/m0/s1. The molecule has 164 valence electrons. The lowest BCUT2D eigenvalue weighted by Crippen LogP contribution is -2.34. The first kappa shape index (κ1) is 22.0. The van der Waals surface area contributed by atoms with E-state index in [-0.39, 0.29) is 23.6 Å². The van der Waals surface area contributed by atoms with Crippen molar-refractivity contribution in [2.24, 2.45) is 0 Å². The van der Waals surface area contributed by atoms with Gasteiger partial charge in [-0.3, -0.25) is 4.18 Å². The summed E-state index contributed by atoms with van der Waals surface area (Å²) in [7, 11) is -3.98. The lowest BCUT2D eigenvalue weighted by atomic mass is 9.90. The van der Waals surface area contributed by atoms with Gasteiger partial charge in [-0.1, -0.05) is 22.0 Å². The average Bonchev–Trinajstić information content (AvgIpc) is 3.38. The molecule has 1 aromatic heterocycles. The van der Waals surface area contributed by atoms with Gasteiger partial charge in [0.15, 0.2) is 0 Å². The molecule has 0 N–H and O–H groups in total. The zero-order valence-electron chi connectivity index (χ0n) is 16.1. The highest BCUT2D eigenvalue weighted by Gasteiger charge is 2.44. The predicted octanol–water partition coefficient (Wildman–Crippen LogP) is 3.80. The minimum absolute atomic E-state index is 0.0205. The summed E-state index contributed by atoms with van der Waals surface area (Å²) in [6.45, 7) is -0.105. The summed E-state index contributed by atoms with van der Waals surface area (Å²) >= 11 is 3.25. The second kappa shape index (κ2) is 8.73. The number of benzene rings is 2. The molecule has 0 spiro atoms. The van der Waals surface area contributed by atoms with E-state index in [1.807, 2.05) is 0 Å². The number of rotatable bonds is 7. The first-order valence-corrected chi connectivity index (χ1v) is 11.6. The maximum Gasteiger partial charge on any atom is 0.297 e. The molecule has 2 atom stereocenters. The summed E-state index contributed by atoms with van der Waals surface area (Å²) in [5.74, 6) is -1.44. The molecule has 0 unspecified atom stereocenters. The van der Waals surface area contributed by atoms with Crippen LogP contribution in [-0.4, -0.2) is 35.9 Å². The number of aromatic nitrogens is 3. The molecule has 2 aromatic carbocycles. The van der Waals surface area contributed by atoms with Crippen LogP contribution in [-0.2, 0) is 31.2 Å². The number of halogens is 3. The Morgan fingerprint density at radius 3 is 2.68 bits per heavy atom. The third-order valence-corrected chi connectivity index (χ3v) is 6.90. The fourth-order valence-electron chi connectivity index (χ4n) is 3.62. The summed E-state index contributed by atoms with van der Waals surface area (Å²) in [5, 5.41) is 4.05. The fourth-order valence-corrected chi connectivity index (χ4v) is 4.82. The third-order valence-electron chi connectivity index (χ3n) is 5.08. The molecule has 0 bridgehead atoms. The molecule has 0 radical (unpaired) electrons. The van der Waals surface area contributed by atoms with E-state index in [0.29, 0.717) is 12.8 Å². The lowest BCUT2D eigenvalue weighted by Gasteiger charge is -2.30. The van der Waals surface area contributed by atoms with E-state index >= 15 is 0 Å². The summed E-state index contributed by atoms with van der Waals surface area (Å²) in [4.78, 5) is 3.91. The van der Waals surface area contributed by atoms with Crippen LogP contribution >= 0.6 is 15.9 Å². The molecule has 11 heteroatoms. The highest BCUT2D eigenvalue weighted by atomic mass is 79.9. The first-order chi connectivity index (χ1) is 14.8. The van der Waals surface area contributed by atoms with E-state index in [1.54, 1.807) is 12.1 Å². The van der Waals surface area contributed by atoms with Crippen molar-refractivity contribution in [2.45, 2.75) is 36.0 Å². The fraction of sp³-hybridized carbons (Fsp3) is 0.300. The van der Waals surface area contributed by atoms with Gasteiger partial charge >= 0.3 is 0 Å². The minimum atomic E-state index is -3.98. The highest BCUT2D eigenvalue weighted by molar-refractivity contribution is 9.10. The maximum atomic E-state index is 14.6. The van der Waals surface area contributed by atoms with Crippen LogP contribution in [0.1, 0.15) is 18.4 Å². The molecular weight excluding hydrogens is 496 g/mol. The van der Waals surface area contributed by atoms with E-state index in [2.05, 4.69) is 26.0 Å². The largest absolute Gasteiger partial charge is 0.363 e. The number of ether oxygens (including phenoxy) is 1. The molecule has 1 aliphatic heterocycles. The molecular formula is C20H18BrF2N3O4S. The third kappa shape index (κ3) is 4.84. The van der Waals surface area contributed by atoms with Crippen molar-refractivity contribution in [1.82, 2.24) is 14.8 Å². The summed E-state index contributed by atoms with van der Waals surface area (Å²) in [6, 6.07) is 9.35. The summed E-state index contributed by atoms with van der Waals surface area (Å²) < 4.78 is 66.6. The van der Waals surface area contributed by atoms with Crippen molar-refractivity contribution >= 4 is 26.0 Å². The molecule has 0 amide bonds. The van der Waals surface area contributed by atoms with Gasteiger partial charge < -0.3 is 4.74 Å². The molecule has 1 fully saturated rings. The van der Waals surface area contributed by atoms with Crippen LogP contribution in [0.2, 0.25) is 0 Å².